The lowest BCUT2D eigenvalue weighted by Gasteiger charge is -2.52. The van der Waals surface area contributed by atoms with Gasteiger partial charge < -0.3 is 14.5 Å². The van der Waals surface area contributed by atoms with Crippen LogP contribution >= 0.6 is 11.6 Å². The lowest BCUT2D eigenvalue weighted by Crippen LogP contribution is -2.64. The number of rotatable bonds is 4. The average Bonchev–Trinajstić information content (AvgIpc) is 2.75. The Hall–Kier alpha value is -2.60. The molecule has 0 unspecified atom stereocenters. The zero-order valence-corrected chi connectivity index (χ0v) is 16.9. The normalized spacial score (nSPS) is 18.0. The summed E-state index contributed by atoms with van der Waals surface area (Å²) in [7, 11) is 1.62. The maximum Gasteiger partial charge on any atom is 0.253 e. The van der Waals surface area contributed by atoms with Crippen LogP contribution in [-0.2, 0) is 11.3 Å². The summed E-state index contributed by atoms with van der Waals surface area (Å²) in [5.41, 5.74) is 1.08. The van der Waals surface area contributed by atoms with Gasteiger partial charge in [0.15, 0.2) is 0 Å². The number of methoxy groups -OCH3 is 1. The lowest BCUT2D eigenvalue weighted by molar-refractivity contribution is -0.165. The third-order valence-electron chi connectivity index (χ3n) is 5.94. The number of β-lactam (4-membered cyclic amide) rings is 1. The van der Waals surface area contributed by atoms with E-state index < -0.39 is 5.82 Å². The first-order valence-corrected chi connectivity index (χ1v) is 9.96. The topological polar surface area (TPSA) is 49.9 Å². The highest BCUT2D eigenvalue weighted by atomic mass is 35.5. The molecule has 2 aliphatic heterocycles. The Labute approximate surface area is 174 Å². The van der Waals surface area contributed by atoms with Crippen LogP contribution in [0, 0.1) is 11.2 Å². The van der Waals surface area contributed by atoms with Gasteiger partial charge >= 0.3 is 0 Å². The molecule has 1 spiro atoms. The van der Waals surface area contributed by atoms with Gasteiger partial charge in [-0.15, -0.1) is 0 Å². The predicted molar refractivity (Wildman–Crippen MR) is 107 cm³/mol. The largest absolute Gasteiger partial charge is 0.497 e. The smallest absolute Gasteiger partial charge is 0.253 e. The van der Waals surface area contributed by atoms with E-state index in [0.717, 1.165) is 11.3 Å². The quantitative estimate of drug-likeness (QED) is 0.713. The summed E-state index contributed by atoms with van der Waals surface area (Å²) in [4.78, 5) is 29.1. The van der Waals surface area contributed by atoms with E-state index >= 15 is 0 Å². The molecule has 7 heteroatoms. The van der Waals surface area contributed by atoms with Crippen molar-refractivity contribution in [2.75, 3.05) is 26.7 Å². The number of carbonyl (C=O) groups is 2. The molecule has 4 rings (SSSR count). The van der Waals surface area contributed by atoms with Crippen molar-refractivity contribution in [1.29, 1.82) is 0 Å². The Bertz CT molecular complexity index is 940. The number of halogens is 2. The summed E-state index contributed by atoms with van der Waals surface area (Å²) in [6, 6.07) is 11.7. The highest BCUT2D eigenvalue weighted by molar-refractivity contribution is 6.31. The van der Waals surface area contributed by atoms with Crippen LogP contribution in [0.4, 0.5) is 4.39 Å². The molecule has 2 amide bonds. The maximum atomic E-state index is 13.3. The van der Waals surface area contributed by atoms with Crippen molar-refractivity contribution in [2.45, 2.75) is 19.4 Å². The molecule has 5 nitrogen and oxygen atoms in total. The van der Waals surface area contributed by atoms with Gasteiger partial charge in [-0.25, -0.2) is 4.39 Å². The van der Waals surface area contributed by atoms with Gasteiger partial charge in [0.25, 0.3) is 5.91 Å². The standard InChI is InChI=1S/C22H22ClFN2O3/c1-29-17-5-2-15(3-6-17)13-26-14-22(21(26)28)8-10-25(11-9-22)20(27)16-4-7-19(24)18(23)12-16/h2-7,12H,8-11,13-14H2,1H3. The molecule has 2 aliphatic rings. The van der Waals surface area contributed by atoms with E-state index in [-0.39, 0.29) is 22.3 Å². The number of benzene rings is 2. The second-order valence-corrected chi connectivity index (χ2v) is 8.12. The Kier molecular flexibility index (Phi) is 5.21. The van der Waals surface area contributed by atoms with Crippen molar-refractivity contribution < 1.29 is 18.7 Å². The van der Waals surface area contributed by atoms with E-state index in [1.807, 2.05) is 29.2 Å². The fourth-order valence-electron chi connectivity index (χ4n) is 4.15. The molecule has 2 saturated heterocycles. The minimum absolute atomic E-state index is 0.0623. The number of ether oxygens (including phenoxy) is 1. The van der Waals surface area contributed by atoms with Gasteiger partial charge in [-0.3, -0.25) is 9.59 Å². The minimum Gasteiger partial charge on any atom is -0.497 e. The predicted octanol–water partition coefficient (Wildman–Crippen LogP) is 3.75. The molecule has 2 aromatic carbocycles. The average molecular weight is 417 g/mol. The van der Waals surface area contributed by atoms with Crippen molar-refractivity contribution in [1.82, 2.24) is 9.80 Å². The number of carbonyl (C=O) groups excluding carboxylic acids is 2. The molecule has 0 N–H and O–H groups in total. The molecule has 152 valence electrons. The Morgan fingerprint density at radius 2 is 1.86 bits per heavy atom. The van der Waals surface area contributed by atoms with Crippen LogP contribution in [-0.4, -0.2) is 48.4 Å². The molecule has 0 saturated carbocycles. The zero-order valence-electron chi connectivity index (χ0n) is 16.2. The molecular weight excluding hydrogens is 395 g/mol. The van der Waals surface area contributed by atoms with Gasteiger partial charge in [0.1, 0.15) is 11.6 Å². The Morgan fingerprint density at radius 3 is 2.45 bits per heavy atom. The van der Waals surface area contributed by atoms with Crippen LogP contribution in [0.2, 0.25) is 5.02 Å². The fourth-order valence-corrected chi connectivity index (χ4v) is 4.33. The highest BCUT2D eigenvalue weighted by Gasteiger charge is 2.53. The molecule has 0 aliphatic carbocycles. The van der Waals surface area contributed by atoms with Crippen molar-refractivity contribution in [3.05, 3.63) is 64.4 Å². The van der Waals surface area contributed by atoms with Crippen LogP contribution in [0.15, 0.2) is 42.5 Å². The first-order chi connectivity index (χ1) is 13.9. The molecule has 2 heterocycles. The molecule has 29 heavy (non-hydrogen) atoms. The van der Waals surface area contributed by atoms with E-state index in [0.29, 0.717) is 44.6 Å². The molecule has 0 bridgehead atoms. The number of piperidine rings is 1. The Morgan fingerprint density at radius 1 is 1.17 bits per heavy atom. The first-order valence-electron chi connectivity index (χ1n) is 9.58. The van der Waals surface area contributed by atoms with Crippen LogP contribution in [0.5, 0.6) is 5.75 Å². The summed E-state index contributed by atoms with van der Waals surface area (Å²) in [6.45, 7) is 2.31. The minimum atomic E-state index is -0.544. The number of nitrogens with zero attached hydrogens (tertiary/aromatic N) is 2. The van der Waals surface area contributed by atoms with Gasteiger partial charge in [0.2, 0.25) is 5.91 Å². The molecule has 2 aromatic rings. The van der Waals surface area contributed by atoms with Gasteiger partial charge in [-0.05, 0) is 48.7 Å². The van der Waals surface area contributed by atoms with E-state index in [4.69, 9.17) is 16.3 Å². The molecule has 0 atom stereocenters. The monoisotopic (exact) mass is 416 g/mol. The summed E-state index contributed by atoms with van der Waals surface area (Å²) in [5, 5.41) is -0.0623. The maximum absolute atomic E-state index is 13.3. The zero-order chi connectivity index (χ0) is 20.6. The lowest BCUT2D eigenvalue weighted by atomic mass is 9.71. The van der Waals surface area contributed by atoms with Gasteiger partial charge in [-0.2, -0.15) is 0 Å². The fraction of sp³-hybridized carbons (Fsp3) is 0.364. The summed E-state index contributed by atoms with van der Waals surface area (Å²) in [6.07, 6.45) is 1.29. The number of hydrogen-bond acceptors (Lipinski definition) is 3. The second-order valence-electron chi connectivity index (χ2n) is 7.71. The number of likely N-dealkylation sites (tertiary alicyclic amines) is 2. The van der Waals surface area contributed by atoms with E-state index in [1.54, 1.807) is 12.0 Å². The summed E-state index contributed by atoms with van der Waals surface area (Å²) >= 11 is 5.79. The SMILES string of the molecule is COc1ccc(CN2CC3(CCN(C(=O)c4ccc(F)c(Cl)c4)CC3)C2=O)cc1. The van der Waals surface area contributed by atoms with Gasteiger partial charge in [-0.1, -0.05) is 23.7 Å². The summed E-state index contributed by atoms with van der Waals surface area (Å²) < 4.78 is 18.5. The van der Waals surface area contributed by atoms with Crippen molar-refractivity contribution in [3.63, 3.8) is 0 Å². The van der Waals surface area contributed by atoms with Gasteiger partial charge in [0, 0.05) is 31.7 Å². The van der Waals surface area contributed by atoms with Crippen molar-refractivity contribution in [2.24, 2.45) is 5.41 Å². The summed E-state index contributed by atoms with van der Waals surface area (Å²) in [5.74, 6) is 0.228. The van der Waals surface area contributed by atoms with E-state index in [1.165, 1.54) is 18.2 Å². The second kappa shape index (κ2) is 7.67. The number of hydrogen-bond donors (Lipinski definition) is 0. The first kappa shape index (κ1) is 19.7. The highest BCUT2D eigenvalue weighted by Crippen LogP contribution is 2.42. The van der Waals surface area contributed by atoms with E-state index in [9.17, 15) is 14.0 Å². The van der Waals surface area contributed by atoms with E-state index in [2.05, 4.69) is 0 Å². The third-order valence-corrected chi connectivity index (χ3v) is 6.23. The van der Waals surface area contributed by atoms with Crippen molar-refractivity contribution >= 4 is 23.4 Å². The molecular formula is C22H22ClFN2O3. The Balaban J connectivity index is 1.34. The van der Waals surface area contributed by atoms with Gasteiger partial charge in [0.05, 0.1) is 17.5 Å². The third kappa shape index (κ3) is 3.69. The molecule has 2 fully saturated rings. The van der Waals surface area contributed by atoms with Crippen LogP contribution < -0.4 is 4.74 Å². The van der Waals surface area contributed by atoms with Crippen LogP contribution in [0.25, 0.3) is 0 Å². The van der Waals surface area contributed by atoms with Crippen LogP contribution in [0.3, 0.4) is 0 Å². The van der Waals surface area contributed by atoms with Crippen LogP contribution in [0.1, 0.15) is 28.8 Å². The van der Waals surface area contributed by atoms with Crippen molar-refractivity contribution in [3.8, 4) is 5.75 Å². The number of amides is 2. The molecule has 0 aromatic heterocycles. The molecule has 0 radical (unpaired) electrons.